The van der Waals surface area contributed by atoms with Crippen LogP contribution >= 0.6 is 11.6 Å². The first kappa shape index (κ1) is 10.4. The van der Waals surface area contributed by atoms with E-state index in [2.05, 4.69) is 10.3 Å². The number of hydrogen-bond donors (Lipinski definition) is 2. The van der Waals surface area contributed by atoms with Crippen LogP contribution in [0.5, 0.6) is 0 Å². The fraction of sp³-hybridized carbons (Fsp3) is 0. The highest BCUT2D eigenvalue weighted by molar-refractivity contribution is 6.32. The zero-order chi connectivity index (χ0) is 11.7. The number of carboxylic acid groups (broad SMARTS) is 1. The van der Waals surface area contributed by atoms with Gasteiger partial charge in [0.2, 0.25) is 6.41 Å². The second-order valence-electron chi connectivity index (χ2n) is 2.96. The molecule has 2 aromatic rings. The summed E-state index contributed by atoms with van der Waals surface area (Å²) in [5.74, 6) is -1.20. The van der Waals surface area contributed by atoms with Crippen LogP contribution in [-0.4, -0.2) is 26.9 Å². The number of imidazole rings is 1. The number of fused-ring (bicyclic) bond motifs is 1. The zero-order valence-corrected chi connectivity index (χ0v) is 8.60. The van der Waals surface area contributed by atoms with Gasteiger partial charge in [-0.25, -0.2) is 9.78 Å². The molecule has 0 spiro atoms. The van der Waals surface area contributed by atoms with Crippen LogP contribution in [0, 0.1) is 0 Å². The fourth-order valence-electron chi connectivity index (χ4n) is 1.31. The predicted molar refractivity (Wildman–Crippen MR) is 56.8 cm³/mol. The number of amides is 1. The average molecular weight is 240 g/mol. The van der Waals surface area contributed by atoms with Crippen molar-refractivity contribution in [3.63, 3.8) is 0 Å². The van der Waals surface area contributed by atoms with Crippen LogP contribution in [-0.2, 0) is 4.79 Å². The van der Waals surface area contributed by atoms with Crippen LogP contribution in [0.4, 0.5) is 5.69 Å². The molecule has 0 atom stereocenters. The minimum absolute atomic E-state index is 0.00273. The van der Waals surface area contributed by atoms with Crippen molar-refractivity contribution in [2.24, 2.45) is 0 Å². The van der Waals surface area contributed by atoms with E-state index < -0.39 is 5.97 Å². The van der Waals surface area contributed by atoms with Gasteiger partial charge in [0.15, 0.2) is 5.69 Å². The Hall–Kier alpha value is -2.08. The highest BCUT2D eigenvalue weighted by atomic mass is 35.5. The Bertz CT molecular complexity index is 579. The van der Waals surface area contributed by atoms with Crippen molar-refractivity contribution in [3.8, 4) is 0 Å². The molecule has 0 aliphatic heterocycles. The maximum Gasteiger partial charge on any atom is 0.357 e. The third-order valence-electron chi connectivity index (χ3n) is 1.99. The highest BCUT2D eigenvalue weighted by Crippen LogP contribution is 2.20. The van der Waals surface area contributed by atoms with Crippen LogP contribution in [0.3, 0.4) is 0 Å². The van der Waals surface area contributed by atoms with Crippen molar-refractivity contribution in [2.75, 3.05) is 5.32 Å². The van der Waals surface area contributed by atoms with E-state index in [1.165, 1.54) is 10.6 Å². The topological polar surface area (TPSA) is 83.7 Å². The Labute approximate surface area is 94.5 Å². The molecule has 6 nitrogen and oxygen atoms in total. The lowest BCUT2D eigenvalue weighted by Crippen LogP contribution is -1.97. The third-order valence-corrected chi connectivity index (χ3v) is 2.35. The number of anilines is 1. The smallest absolute Gasteiger partial charge is 0.357 e. The SMILES string of the molecule is O=CNc1ccc2nc(C(=O)O)c(Cl)n2c1. The van der Waals surface area contributed by atoms with Gasteiger partial charge < -0.3 is 10.4 Å². The number of hydrogen-bond acceptors (Lipinski definition) is 3. The van der Waals surface area contributed by atoms with Crippen molar-refractivity contribution < 1.29 is 14.7 Å². The molecule has 2 N–H and O–H groups in total. The molecule has 0 aromatic carbocycles. The molecule has 0 unspecified atom stereocenters. The van der Waals surface area contributed by atoms with E-state index in [-0.39, 0.29) is 10.8 Å². The second kappa shape index (κ2) is 3.82. The Kier molecular flexibility index (Phi) is 2.49. The summed E-state index contributed by atoms with van der Waals surface area (Å²) in [5.41, 5.74) is 0.683. The molecule has 0 saturated heterocycles. The Morgan fingerprint density at radius 1 is 1.56 bits per heavy atom. The van der Waals surface area contributed by atoms with Crippen LogP contribution < -0.4 is 5.32 Å². The van der Waals surface area contributed by atoms with E-state index in [1.807, 2.05) is 0 Å². The van der Waals surface area contributed by atoms with Crippen LogP contribution in [0.2, 0.25) is 5.15 Å². The number of halogens is 1. The van der Waals surface area contributed by atoms with Crippen molar-refractivity contribution in [1.82, 2.24) is 9.38 Å². The first-order valence-electron chi connectivity index (χ1n) is 4.24. The molecule has 0 aliphatic carbocycles. The predicted octanol–water partition coefficient (Wildman–Crippen LogP) is 1.25. The normalized spacial score (nSPS) is 10.3. The summed E-state index contributed by atoms with van der Waals surface area (Å²) in [7, 11) is 0. The van der Waals surface area contributed by atoms with E-state index in [9.17, 15) is 9.59 Å². The van der Waals surface area contributed by atoms with Gasteiger partial charge in [-0.15, -0.1) is 0 Å². The van der Waals surface area contributed by atoms with Gasteiger partial charge in [0.05, 0.1) is 5.69 Å². The first-order valence-corrected chi connectivity index (χ1v) is 4.62. The maximum atomic E-state index is 10.8. The molecule has 2 rings (SSSR count). The lowest BCUT2D eigenvalue weighted by molar-refractivity contribution is -0.105. The summed E-state index contributed by atoms with van der Waals surface area (Å²) in [4.78, 5) is 24.8. The third kappa shape index (κ3) is 1.59. The lowest BCUT2D eigenvalue weighted by atomic mass is 10.4. The molecule has 0 radical (unpaired) electrons. The molecule has 2 aromatic heterocycles. The fourth-order valence-corrected chi connectivity index (χ4v) is 1.56. The van der Waals surface area contributed by atoms with Gasteiger partial charge in [-0.1, -0.05) is 11.6 Å². The second-order valence-corrected chi connectivity index (χ2v) is 3.32. The van der Waals surface area contributed by atoms with Crippen molar-refractivity contribution in [2.45, 2.75) is 0 Å². The first-order chi connectivity index (χ1) is 7.63. The molecular formula is C9H6ClN3O3. The average Bonchev–Trinajstić information content (AvgIpc) is 2.57. The van der Waals surface area contributed by atoms with E-state index in [0.717, 1.165) is 0 Å². The number of nitrogens with zero attached hydrogens (tertiary/aromatic N) is 2. The van der Waals surface area contributed by atoms with Gasteiger partial charge >= 0.3 is 5.97 Å². The summed E-state index contributed by atoms with van der Waals surface area (Å²) in [6.45, 7) is 0. The summed E-state index contributed by atoms with van der Waals surface area (Å²) in [6.07, 6.45) is 2.01. The molecule has 82 valence electrons. The minimum atomic E-state index is -1.20. The lowest BCUT2D eigenvalue weighted by Gasteiger charge is -1.99. The van der Waals surface area contributed by atoms with Gasteiger partial charge in [0.25, 0.3) is 0 Å². The van der Waals surface area contributed by atoms with Crippen LogP contribution in [0.1, 0.15) is 10.5 Å². The number of carboxylic acids is 1. The molecule has 7 heteroatoms. The summed E-state index contributed by atoms with van der Waals surface area (Å²) < 4.78 is 1.39. The molecule has 0 bridgehead atoms. The molecule has 0 fully saturated rings. The van der Waals surface area contributed by atoms with E-state index in [4.69, 9.17) is 16.7 Å². The largest absolute Gasteiger partial charge is 0.476 e. The van der Waals surface area contributed by atoms with Crippen molar-refractivity contribution in [3.05, 3.63) is 29.2 Å². The quantitative estimate of drug-likeness (QED) is 0.790. The van der Waals surface area contributed by atoms with Crippen molar-refractivity contribution >= 4 is 35.3 Å². The minimum Gasteiger partial charge on any atom is -0.476 e. The van der Waals surface area contributed by atoms with Gasteiger partial charge in [-0.05, 0) is 12.1 Å². The summed E-state index contributed by atoms with van der Waals surface area (Å²) >= 11 is 5.83. The Morgan fingerprint density at radius 2 is 2.31 bits per heavy atom. The standard InChI is InChI=1S/C9H6ClN3O3/c10-8-7(9(15)16)12-6-2-1-5(11-4-14)3-13(6)8/h1-4H,(H,11,14)(H,15,16). The number of aromatic carboxylic acids is 1. The zero-order valence-electron chi connectivity index (χ0n) is 7.85. The highest BCUT2D eigenvalue weighted by Gasteiger charge is 2.16. The van der Waals surface area contributed by atoms with Gasteiger partial charge in [0, 0.05) is 6.20 Å². The van der Waals surface area contributed by atoms with E-state index in [1.54, 1.807) is 12.1 Å². The maximum absolute atomic E-state index is 10.8. The Balaban J connectivity index is 2.63. The summed E-state index contributed by atoms with van der Waals surface area (Å²) in [5, 5.41) is 11.2. The monoisotopic (exact) mass is 239 g/mol. The number of aromatic nitrogens is 2. The molecular weight excluding hydrogens is 234 g/mol. The van der Waals surface area contributed by atoms with Crippen LogP contribution in [0.25, 0.3) is 5.65 Å². The van der Waals surface area contributed by atoms with Gasteiger partial charge in [0.1, 0.15) is 10.8 Å². The molecule has 16 heavy (non-hydrogen) atoms. The summed E-state index contributed by atoms with van der Waals surface area (Å²) in [6, 6.07) is 3.16. The number of carbonyl (C=O) groups is 2. The van der Waals surface area contributed by atoms with E-state index in [0.29, 0.717) is 17.7 Å². The van der Waals surface area contributed by atoms with Gasteiger partial charge in [-0.2, -0.15) is 0 Å². The molecule has 0 saturated carbocycles. The molecule has 2 heterocycles. The van der Waals surface area contributed by atoms with Crippen LogP contribution in [0.15, 0.2) is 18.3 Å². The van der Waals surface area contributed by atoms with Crippen molar-refractivity contribution in [1.29, 1.82) is 0 Å². The number of pyridine rings is 1. The molecule has 0 aliphatic rings. The van der Waals surface area contributed by atoms with Gasteiger partial charge in [-0.3, -0.25) is 9.20 Å². The Morgan fingerprint density at radius 3 is 2.94 bits per heavy atom. The van der Waals surface area contributed by atoms with E-state index >= 15 is 0 Å². The number of carbonyl (C=O) groups excluding carboxylic acids is 1. The molecule has 1 amide bonds. The number of rotatable bonds is 3. The number of nitrogens with one attached hydrogen (secondary N) is 1.